The third-order valence-electron chi connectivity index (χ3n) is 3.84. The Morgan fingerprint density at radius 2 is 1.92 bits per heavy atom. The first-order valence-corrected chi connectivity index (χ1v) is 8.82. The topological polar surface area (TPSA) is 46.9 Å². The Kier molecular flexibility index (Phi) is 6.10. The van der Waals surface area contributed by atoms with Gasteiger partial charge in [-0.2, -0.15) is 5.10 Å². The summed E-state index contributed by atoms with van der Waals surface area (Å²) in [6, 6.07) is 15.0. The monoisotopic (exact) mass is 385 g/mol. The van der Waals surface area contributed by atoms with E-state index in [9.17, 15) is 4.79 Å². The molecule has 2 aromatic carbocycles. The number of halogens is 2. The van der Waals surface area contributed by atoms with Crippen molar-refractivity contribution in [1.29, 1.82) is 0 Å². The molecular weight excluding hydrogens is 369 g/mol. The maximum atomic E-state index is 12.1. The summed E-state index contributed by atoms with van der Waals surface area (Å²) in [6.07, 6.45) is 6.76. The number of rotatable bonds is 6. The number of nitrogens with one attached hydrogen (secondary N) is 1. The Bertz CT molecular complexity index is 921. The molecule has 6 heteroatoms. The van der Waals surface area contributed by atoms with Gasteiger partial charge in [0.2, 0.25) is 5.91 Å². The summed E-state index contributed by atoms with van der Waals surface area (Å²) in [5, 5.41) is 8.23. The van der Waals surface area contributed by atoms with Gasteiger partial charge in [-0.25, -0.2) is 0 Å². The first-order valence-electron chi connectivity index (χ1n) is 8.07. The number of carbonyl (C=O) groups is 1. The van der Waals surface area contributed by atoms with Gasteiger partial charge >= 0.3 is 0 Å². The fourth-order valence-corrected chi connectivity index (χ4v) is 2.86. The van der Waals surface area contributed by atoms with E-state index >= 15 is 0 Å². The SMILES string of the molecule is O=C(/C=C/c1cc(Cl)ccc1Cl)NCc1ccccc1Cn1cccn1. The van der Waals surface area contributed by atoms with Gasteiger partial charge in [0.05, 0.1) is 6.54 Å². The second kappa shape index (κ2) is 8.70. The van der Waals surface area contributed by atoms with Gasteiger partial charge in [0.1, 0.15) is 0 Å². The van der Waals surface area contributed by atoms with E-state index in [0.29, 0.717) is 28.7 Å². The van der Waals surface area contributed by atoms with Crippen molar-refractivity contribution in [3.8, 4) is 0 Å². The minimum absolute atomic E-state index is 0.199. The molecule has 0 unspecified atom stereocenters. The average molecular weight is 386 g/mol. The van der Waals surface area contributed by atoms with Crippen LogP contribution in [0.2, 0.25) is 10.0 Å². The summed E-state index contributed by atoms with van der Waals surface area (Å²) < 4.78 is 1.85. The highest BCUT2D eigenvalue weighted by atomic mass is 35.5. The van der Waals surface area contributed by atoms with E-state index in [4.69, 9.17) is 23.2 Å². The number of aromatic nitrogens is 2. The molecule has 0 bridgehead atoms. The van der Waals surface area contributed by atoms with Crippen molar-refractivity contribution in [3.63, 3.8) is 0 Å². The summed E-state index contributed by atoms with van der Waals surface area (Å²) in [5.41, 5.74) is 2.86. The van der Waals surface area contributed by atoms with Crippen LogP contribution in [0.3, 0.4) is 0 Å². The normalized spacial score (nSPS) is 11.0. The fourth-order valence-electron chi connectivity index (χ4n) is 2.50. The van der Waals surface area contributed by atoms with Crippen LogP contribution in [0.5, 0.6) is 0 Å². The molecule has 1 heterocycles. The first kappa shape index (κ1) is 18.2. The lowest BCUT2D eigenvalue weighted by atomic mass is 10.1. The van der Waals surface area contributed by atoms with E-state index in [1.165, 1.54) is 6.08 Å². The Balaban J connectivity index is 1.63. The lowest BCUT2D eigenvalue weighted by Gasteiger charge is -2.10. The van der Waals surface area contributed by atoms with E-state index in [1.807, 2.05) is 41.2 Å². The first-order chi connectivity index (χ1) is 12.6. The summed E-state index contributed by atoms with van der Waals surface area (Å²) in [6.45, 7) is 1.09. The smallest absolute Gasteiger partial charge is 0.244 e. The Labute approximate surface area is 162 Å². The van der Waals surface area contributed by atoms with E-state index in [-0.39, 0.29) is 5.91 Å². The van der Waals surface area contributed by atoms with Crippen molar-refractivity contribution >= 4 is 35.2 Å². The molecule has 0 fully saturated rings. The third-order valence-corrected chi connectivity index (χ3v) is 4.41. The highest BCUT2D eigenvalue weighted by Crippen LogP contribution is 2.21. The number of amides is 1. The van der Waals surface area contributed by atoms with Crippen LogP contribution < -0.4 is 5.32 Å². The van der Waals surface area contributed by atoms with Crippen LogP contribution in [-0.4, -0.2) is 15.7 Å². The number of hydrogen-bond donors (Lipinski definition) is 1. The zero-order chi connectivity index (χ0) is 18.4. The maximum absolute atomic E-state index is 12.1. The molecule has 0 spiro atoms. The fraction of sp³-hybridized carbons (Fsp3) is 0.100. The van der Waals surface area contributed by atoms with Crippen molar-refractivity contribution < 1.29 is 4.79 Å². The Morgan fingerprint density at radius 3 is 2.69 bits per heavy atom. The second-order valence-corrected chi connectivity index (χ2v) is 6.53. The summed E-state index contributed by atoms with van der Waals surface area (Å²) in [5.74, 6) is -0.199. The standard InChI is InChI=1S/C20H17Cl2N3O/c21-18-7-8-19(22)15(12-18)6-9-20(26)23-13-16-4-1-2-5-17(16)14-25-11-3-10-24-25/h1-12H,13-14H2,(H,23,26)/b9-6+. The molecule has 0 aliphatic rings. The molecule has 0 saturated heterocycles. The van der Waals surface area contributed by atoms with Crippen LogP contribution >= 0.6 is 23.2 Å². The van der Waals surface area contributed by atoms with E-state index in [2.05, 4.69) is 10.4 Å². The number of benzene rings is 2. The quantitative estimate of drug-likeness (QED) is 0.631. The van der Waals surface area contributed by atoms with Gasteiger partial charge in [0.15, 0.2) is 0 Å². The Morgan fingerprint density at radius 1 is 1.12 bits per heavy atom. The van der Waals surface area contributed by atoms with Crippen molar-refractivity contribution in [3.05, 3.63) is 93.7 Å². The van der Waals surface area contributed by atoms with E-state index in [0.717, 1.165) is 11.1 Å². The lowest BCUT2D eigenvalue weighted by Crippen LogP contribution is -2.21. The van der Waals surface area contributed by atoms with E-state index in [1.54, 1.807) is 30.5 Å². The molecule has 0 aliphatic carbocycles. The third kappa shape index (κ3) is 4.97. The lowest BCUT2D eigenvalue weighted by molar-refractivity contribution is -0.116. The highest BCUT2D eigenvalue weighted by molar-refractivity contribution is 6.34. The van der Waals surface area contributed by atoms with Crippen molar-refractivity contribution in [2.24, 2.45) is 0 Å². The zero-order valence-corrected chi connectivity index (χ0v) is 15.4. The van der Waals surface area contributed by atoms with Gasteiger partial charge in [-0.1, -0.05) is 47.5 Å². The molecule has 132 valence electrons. The molecule has 26 heavy (non-hydrogen) atoms. The van der Waals surface area contributed by atoms with Crippen LogP contribution in [0.4, 0.5) is 0 Å². The minimum Gasteiger partial charge on any atom is -0.348 e. The number of hydrogen-bond acceptors (Lipinski definition) is 2. The van der Waals surface area contributed by atoms with Crippen molar-refractivity contribution in [2.45, 2.75) is 13.1 Å². The summed E-state index contributed by atoms with van der Waals surface area (Å²) in [4.78, 5) is 12.1. The highest BCUT2D eigenvalue weighted by Gasteiger charge is 2.05. The molecule has 1 N–H and O–H groups in total. The molecular formula is C20H17Cl2N3O. The molecule has 3 aromatic rings. The zero-order valence-electron chi connectivity index (χ0n) is 13.9. The molecule has 0 aliphatic heterocycles. The summed E-state index contributed by atoms with van der Waals surface area (Å²) >= 11 is 12.0. The van der Waals surface area contributed by atoms with Gasteiger partial charge in [-0.3, -0.25) is 9.48 Å². The van der Waals surface area contributed by atoms with Crippen LogP contribution in [0.15, 0.2) is 67.0 Å². The van der Waals surface area contributed by atoms with Crippen LogP contribution in [-0.2, 0) is 17.9 Å². The van der Waals surface area contributed by atoms with E-state index < -0.39 is 0 Å². The van der Waals surface area contributed by atoms with Crippen molar-refractivity contribution in [1.82, 2.24) is 15.1 Å². The molecule has 4 nitrogen and oxygen atoms in total. The van der Waals surface area contributed by atoms with Gasteiger partial charge in [-0.15, -0.1) is 0 Å². The predicted molar refractivity (Wildman–Crippen MR) is 105 cm³/mol. The molecule has 0 atom stereocenters. The van der Waals surface area contributed by atoms with Gasteiger partial charge in [0, 0.05) is 35.1 Å². The van der Waals surface area contributed by atoms with Crippen LogP contribution in [0.25, 0.3) is 6.08 Å². The van der Waals surface area contributed by atoms with Crippen LogP contribution in [0, 0.1) is 0 Å². The Hall–Kier alpha value is -2.56. The van der Waals surface area contributed by atoms with Gasteiger partial charge in [-0.05, 0) is 47.0 Å². The average Bonchev–Trinajstić information content (AvgIpc) is 3.15. The number of carbonyl (C=O) groups excluding carboxylic acids is 1. The second-order valence-electron chi connectivity index (χ2n) is 5.69. The molecule has 0 saturated carbocycles. The van der Waals surface area contributed by atoms with Gasteiger partial charge in [0.25, 0.3) is 0 Å². The largest absolute Gasteiger partial charge is 0.348 e. The molecule has 3 rings (SSSR count). The minimum atomic E-state index is -0.199. The molecule has 0 radical (unpaired) electrons. The molecule has 1 amide bonds. The van der Waals surface area contributed by atoms with Gasteiger partial charge < -0.3 is 5.32 Å². The predicted octanol–water partition coefficient (Wildman–Crippen LogP) is 4.57. The van der Waals surface area contributed by atoms with Crippen LogP contribution in [0.1, 0.15) is 16.7 Å². The van der Waals surface area contributed by atoms with Crippen molar-refractivity contribution in [2.75, 3.05) is 0 Å². The maximum Gasteiger partial charge on any atom is 0.244 e. The number of nitrogens with zero attached hydrogens (tertiary/aromatic N) is 2. The summed E-state index contributed by atoms with van der Waals surface area (Å²) in [7, 11) is 0. The molecule has 1 aromatic heterocycles.